The number of fused-ring (bicyclic) bond motifs is 1. The summed E-state index contributed by atoms with van der Waals surface area (Å²) in [5, 5.41) is 15.4. The average molecular weight is 715 g/mol. The Morgan fingerprint density at radius 1 is 0.922 bits per heavy atom. The SMILES string of the molecule is Cc1noc(-c2cnc(N3CCC(c4nc5c(c(C6CCC(F)(F)CC6)c4C(F)c4ccc(C(F)(F)F)cc4)C(O)CC(C)(C)C5)CC3)nc2)n1. The Morgan fingerprint density at radius 2 is 1.57 bits per heavy atom. The lowest BCUT2D eigenvalue weighted by atomic mass is 9.68. The number of aliphatic hydroxyl groups is 1. The quantitative estimate of drug-likeness (QED) is 0.198. The van der Waals surface area contributed by atoms with Gasteiger partial charge in [0.1, 0.15) is 0 Å². The third kappa shape index (κ3) is 7.20. The van der Waals surface area contributed by atoms with Crippen LogP contribution in [-0.2, 0) is 12.6 Å². The lowest BCUT2D eigenvalue weighted by Gasteiger charge is -2.41. The fourth-order valence-corrected chi connectivity index (χ4v) is 8.08. The zero-order valence-electron chi connectivity index (χ0n) is 28.7. The van der Waals surface area contributed by atoms with Gasteiger partial charge in [-0.25, -0.2) is 23.1 Å². The van der Waals surface area contributed by atoms with Crippen LogP contribution in [0.3, 0.4) is 0 Å². The van der Waals surface area contributed by atoms with Gasteiger partial charge < -0.3 is 14.5 Å². The van der Waals surface area contributed by atoms with Crippen LogP contribution in [-0.4, -0.2) is 49.2 Å². The summed E-state index contributed by atoms with van der Waals surface area (Å²) in [6.45, 7) is 6.79. The van der Waals surface area contributed by atoms with E-state index in [1.807, 2.05) is 18.7 Å². The van der Waals surface area contributed by atoms with Crippen LogP contribution >= 0.6 is 0 Å². The van der Waals surface area contributed by atoms with Gasteiger partial charge in [0.05, 0.1) is 22.9 Å². The number of hydrogen-bond donors (Lipinski definition) is 1. The van der Waals surface area contributed by atoms with Crippen molar-refractivity contribution in [3.05, 3.63) is 81.7 Å². The first-order valence-electron chi connectivity index (χ1n) is 17.4. The summed E-state index contributed by atoms with van der Waals surface area (Å²) >= 11 is 0. The molecule has 0 radical (unpaired) electrons. The van der Waals surface area contributed by atoms with Crippen molar-refractivity contribution in [2.45, 2.75) is 108 Å². The number of aryl methyl sites for hydroxylation is 1. The number of hydrogen-bond acceptors (Lipinski definition) is 8. The van der Waals surface area contributed by atoms with Crippen molar-refractivity contribution in [3.8, 4) is 11.5 Å². The molecule has 3 aliphatic rings. The van der Waals surface area contributed by atoms with Gasteiger partial charge in [-0.2, -0.15) is 18.2 Å². The molecule has 1 saturated carbocycles. The Balaban J connectivity index is 1.28. The van der Waals surface area contributed by atoms with Crippen LogP contribution < -0.4 is 4.90 Å². The van der Waals surface area contributed by atoms with Crippen LogP contribution in [0.4, 0.5) is 32.3 Å². The molecule has 3 aromatic heterocycles. The van der Waals surface area contributed by atoms with Crippen molar-refractivity contribution in [3.63, 3.8) is 0 Å². The second-order valence-electron chi connectivity index (χ2n) is 15.0. The van der Waals surface area contributed by atoms with E-state index in [1.165, 1.54) is 0 Å². The maximum Gasteiger partial charge on any atom is 0.416 e. The predicted molar refractivity (Wildman–Crippen MR) is 176 cm³/mol. The molecule has 0 spiro atoms. The van der Waals surface area contributed by atoms with E-state index < -0.39 is 35.9 Å². The molecule has 0 amide bonds. The van der Waals surface area contributed by atoms with E-state index in [-0.39, 0.29) is 48.1 Å². The second kappa shape index (κ2) is 13.2. The first-order valence-corrected chi connectivity index (χ1v) is 17.4. The molecule has 1 N–H and O–H groups in total. The lowest BCUT2D eigenvalue weighted by Crippen LogP contribution is -2.36. The maximum atomic E-state index is 17.3. The van der Waals surface area contributed by atoms with E-state index in [0.717, 1.165) is 24.3 Å². The molecule has 7 rings (SSSR count). The van der Waals surface area contributed by atoms with Crippen molar-refractivity contribution in [1.82, 2.24) is 25.1 Å². The number of nitrogens with zero attached hydrogens (tertiary/aromatic N) is 6. The molecule has 1 aliphatic heterocycles. The van der Waals surface area contributed by atoms with Crippen LogP contribution in [0, 0.1) is 12.3 Å². The molecule has 4 aromatic rings. The molecule has 2 fully saturated rings. The maximum absolute atomic E-state index is 17.3. The Bertz CT molecular complexity index is 1860. The lowest BCUT2D eigenvalue weighted by molar-refractivity contribution is -0.137. The molecule has 0 bridgehead atoms. The number of piperidine rings is 1. The van der Waals surface area contributed by atoms with Gasteiger partial charge in [-0.05, 0) is 80.0 Å². The standard InChI is InChI=1S/C37H40F6N6O2/c1-20-46-33(51-48-20)24-18-44-34(45-19-24)49-14-10-23(11-15-49)32-30(31(38)22-4-6-25(7-5-22)37(41,42)43)28(21-8-12-36(39,40)13-9-21)29-26(47-32)16-35(2,3)17-27(29)50/h4-7,18-19,21,23,27,31,50H,8-17H2,1-3H3. The summed E-state index contributed by atoms with van der Waals surface area (Å²) in [7, 11) is 0. The highest BCUT2D eigenvalue weighted by Crippen LogP contribution is 2.52. The molecule has 8 nitrogen and oxygen atoms in total. The summed E-state index contributed by atoms with van der Waals surface area (Å²) < 4.78 is 91.8. The highest BCUT2D eigenvalue weighted by molar-refractivity contribution is 5.53. The van der Waals surface area contributed by atoms with E-state index in [2.05, 4.69) is 20.1 Å². The number of halogens is 6. The minimum Gasteiger partial charge on any atom is -0.388 e. The highest BCUT2D eigenvalue weighted by Gasteiger charge is 2.44. The minimum absolute atomic E-state index is 0.0152. The van der Waals surface area contributed by atoms with Crippen molar-refractivity contribution in [2.75, 3.05) is 18.0 Å². The summed E-state index contributed by atoms with van der Waals surface area (Å²) in [5.41, 5.74) is 1.72. The fraction of sp³-hybridized carbons (Fsp3) is 0.541. The van der Waals surface area contributed by atoms with Gasteiger partial charge in [0, 0.05) is 61.1 Å². The van der Waals surface area contributed by atoms with Crippen LogP contribution in [0.5, 0.6) is 0 Å². The summed E-state index contributed by atoms with van der Waals surface area (Å²) in [6.07, 6.45) is -2.82. The van der Waals surface area contributed by atoms with Crippen LogP contribution in [0.2, 0.25) is 0 Å². The third-order valence-corrected chi connectivity index (χ3v) is 10.6. The number of anilines is 1. The third-order valence-electron chi connectivity index (χ3n) is 10.6. The summed E-state index contributed by atoms with van der Waals surface area (Å²) in [5.74, 6) is -2.26. The zero-order valence-corrected chi connectivity index (χ0v) is 28.7. The molecule has 2 unspecified atom stereocenters. The molecule has 51 heavy (non-hydrogen) atoms. The number of aromatic nitrogens is 5. The van der Waals surface area contributed by atoms with Crippen LogP contribution in [0.1, 0.15) is 128 Å². The summed E-state index contributed by atoms with van der Waals surface area (Å²) in [4.78, 5) is 20.3. The smallest absolute Gasteiger partial charge is 0.388 e. The van der Waals surface area contributed by atoms with E-state index >= 15 is 4.39 Å². The predicted octanol–water partition coefficient (Wildman–Crippen LogP) is 8.99. The van der Waals surface area contributed by atoms with Crippen molar-refractivity contribution in [1.29, 1.82) is 0 Å². The Morgan fingerprint density at radius 3 is 2.16 bits per heavy atom. The topological polar surface area (TPSA) is 101 Å². The Hall–Kier alpha value is -4.07. The number of rotatable bonds is 6. The zero-order chi connectivity index (χ0) is 36.3. The normalized spacial score (nSPS) is 21.8. The number of pyridine rings is 1. The van der Waals surface area contributed by atoms with Crippen molar-refractivity contribution in [2.24, 2.45) is 5.41 Å². The first-order chi connectivity index (χ1) is 24.1. The molecular formula is C37H40F6N6O2. The van der Waals surface area contributed by atoms with Gasteiger partial charge in [0.25, 0.3) is 5.89 Å². The Labute approximate surface area is 291 Å². The van der Waals surface area contributed by atoms with Crippen molar-refractivity contribution < 1.29 is 36.0 Å². The highest BCUT2D eigenvalue weighted by atomic mass is 19.4. The molecule has 272 valence electrons. The largest absolute Gasteiger partial charge is 0.416 e. The van der Waals surface area contributed by atoms with Gasteiger partial charge in [-0.1, -0.05) is 31.1 Å². The minimum atomic E-state index is -4.60. The van der Waals surface area contributed by atoms with Gasteiger partial charge >= 0.3 is 6.18 Å². The van der Waals surface area contributed by atoms with Crippen LogP contribution in [0.25, 0.3) is 11.5 Å². The van der Waals surface area contributed by atoms with E-state index in [9.17, 15) is 27.1 Å². The molecule has 2 aliphatic carbocycles. The van der Waals surface area contributed by atoms with E-state index in [1.54, 1.807) is 19.3 Å². The second-order valence-corrected chi connectivity index (χ2v) is 15.0. The molecule has 4 heterocycles. The first kappa shape index (κ1) is 35.3. The molecule has 2 atom stereocenters. The van der Waals surface area contributed by atoms with E-state index in [0.29, 0.717) is 84.5 Å². The molecule has 1 saturated heterocycles. The van der Waals surface area contributed by atoms with Gasteiger partial charge in [0.2, 0.25) is 11.9 Å². The number of aliphatic hydroxyl groups excluding tert-OH is 1. The molecule has 1 aromatic carbocycles. The fourth-order valence-electron chi connectivity index (χ4n) is 8.08. The van der Waals surface area contributed by atoms with Crippen molar-refractivity contribution >= 4 is 5.95 Å². The van der Waals surface area contributed by atoms with Gasteiger partial charge in [0.15, 0.2) is 12.0 Å². The molecular weight excluding hydrogens is 674 g/mol. The van der Waals surface area contributed by atoms with Crippen LogP contribution in [0.15, 0.2) is 41.2 Å². The number of alkyl halides is 6. The van der Waals surface area contributed by atoms with E-state index in [4.69, 9.17) is 9.51 Å². The van der Waals surface area contributed by atoms with Gasteiger partial charge in [-0.15, -0.1) is 0 Å². The average Bonchev–Trinajstić information content (AvgIpc) is 3.52. The summed E-state index contributed by atoms with van der Waals surface area (Å²) in [6, 6.07) is 3.98. The number of benzene rings is 1. The monoisotopic (exact) mass is 714 g/mol. The molecule has 14 heteroatoms. The Kier molecular flexibility index (Phi) is 9.12. The van der Waals surface area contributed by atoms with Gasteiger partial charge in [-0.3, -0.25) is 4.98 Å².